The molecule has 0 radical (unpaired) electrons. The number of likely N-dealkylation sites (tertiary alicyclic amines) is 1. The summed E-state index contributed by atoms with van der Waals surface area (Å²) in [6, 6.07) is 3.87. The molecule has 1 N–H and O–H groups in total. The first kappa shape index (κ1) is 18.5. The topological polar surface area (TPSA) is 62.6 Å². The van der Waals surface area contributed by atoms with E-state index in [1.54, 1.807) is 6.26 Å². The zero-order valence-corrected chi connectivity index (χ0v) is 15.2. The van der Waals surface area contributed by atoms with E-state index in [-0.39, 0.29) is 18.4 Å². The van der Waals surface area contributed by atoms with E-state index in [4.69, 9.17) is 4.42 Å². The third-order valence-electron chi connectivity index (χ3n) is 4.44. The lowest BCUT2D eigenvalue weighted by Gasteiger charge is -2.17. The van der Waals surface area contributed by atoms with Crippen molar-refractivity contribution in [3.63, 3.8) is 0 Å². The molecule has 1 aliphatic heterocycles. The van der Waals surface area contributed by atoms with Gasteiger partial charge < -0.3 is 4.42 Å². The van der Waals surface area contributed by atoms with Crippen LogP contribution in [-0.4, -0.2) is 45.2 Å². The molecule has 7 heteroatoms. The Morgan fingerprint density at radius 1 is 1.43 bits per heavy atom. The molecule has 2 heterocycles. The number of halogens is 1. The molecule has 2 aliphatic rings. The fourth-order valence-electron chi connectivity index (χ4n) is 3.46. The van der Waals surface area contributed by atoms with Gasteiger partial charge in [-0.1, -0.05) is 5.57 Å². The zero-order valence-electron chi connectivity index (χ0n) is 13.6. The molecule has 3 rings (SSSR count). The van der Waals surface area contributed by atoms with Crippen molar-refractivity contribution in [1.29, 1.82) is 0 Å². The maximum absolute atomic E-state index is 11.6. The Labute approximate surface area is 144 Å². The molecule has 0 amide bonds. The number of hydrogen-bond acceptors (Lipinski definition) is 4. The minimum atomic E-state index is -3.15. The summed E-state index contributed by atoms with van der Waals surface area (Å²) in [5.74, 6) is 2.01. The molecule has 1 aliphatic carbocycles. The highest BCUT2D eigenvalue weighted by Crippen LogP contribution is 2.41. The molecule has 0 bridgehead atoms. The first-order chi connectivity index (χ1) is 10.4. The predicted molar refractivity (Wildman–Crippen MR) is 94.0 cm³/mol. The molecule has 23 heavy (non-hydrogen) atoms. The standard InChI is InChI=1S/C16H24N2O3S.ClH/c1-12(8-14-4-3-7-21-14)9-18-10-15(13-5-6-13)16(11-18)17-22(2,19)20;/h3-4,7-8,13,15-17H,5-6,9-11H2,1-2H3;1H/b12-8+;/t15-,16+;/m1./s1. The molecular weight excluding hydrogens is 336 g/mol. The Kier molecular flexibility index (Phi) is 5.94. The number of furan rings is 1. The van der Waals surface area contributed by atoms with Crippen LogP contribution in [0.2, 0.25) is 0 Å². The second kappa shape index (κ2) is 7.38. The second-order valence-electron chi connectivity index (χ2n) is 6.70. The minimum Gasteiger partial charge on any atom is -0.465 e. The van der Waals surface area contributed by atoms with Crippen molar-refractivity contribution in [2.75, 3.05) is 25.9 Å². The first-order valence-corrected chi connectivity index (χ1v) is 9.70. The van der Waals surface area contributed by atoms with E-state index < -0.39 is 10.0 Å². The summed E-state index contributed by atoms with van der Waals surface area (Å²) in [5.41, 5.74) is 1.23. The van der Waals surface area contributed by atoms with Crippen molar-refractivity contribution in [2.45, 2.75) is 25.8 Å². The molecular formula is C16H25ClN2O3S. The van der Waals surface area contributed by atoms with Crippen LogP contribution in [-0.2, 0) is 10.0 Å². The van der Waals surface area contributed by atoms with Gasteiger partial charge in [-0.25, -0.2) is 13.1 Å². The van der Waals surface area contributed by atoms with Crippen LogP contribution in [0.5, 0.6) is 0 Å². The highest BCUT2D eigenvalue weighted by Gasteiger charge is 2.43. The van der Waals surface area contributed by atoms with E-state index in [1.807, 2.05) is 18.2 Å². The lowest BCUT2D eigenvalue weighted by molar-refractivity contribution is 0.342. The Balaban J connectivity index is 0.00000192. The van der Waals surface area contributed by atoms with Crippen molar-refractivity contribution >= 4 is 28.5 Å². The molecule has 1 aromatic rings. The third-order valence-corrected chi connectivity index (χ3v) is 5.17. The maximum atomic E-state index is 11.6. The van der Waals surface area contributed by atoms with Gasteiger partial charge in [-0.2, -0.15) is 0 Å². The monoisotopic (exact) mass is 360 g/mol. The van der Waals surface area contributed by atoms with Crippen LogP contribution >= 0.6 is 12.4 Å². The maximum Gasteiger partial charge on any atom is 0.209 e. The average molecular weight is 361 g/mol. The van der Waals surface area contributed by atoms with Crippen LogP contribution in [0.15, 0.2) is 28.4 Å². The van der Waals surface area contributed by atoms with Gasteiger partial charge in [0.25, 0.3) is 0 Å². The van der Waals surface area contributed by atoms with Gasteiger partial charge in [0.2, 0.25) is 10.0 Å². The van der Waals surface area contributed by atoms with Gasteiger partial charge in [-0.15, -0.1) is 12.4 Å². The van der Waals surface area contributed by atoms with Crippen LogP contribution in [0.1, 0.15) is 25.5 Å². The highest BCUT2D eigenvalue weighted by molar-refractivity contribution is 7.88. The van der Waals surface area contributed by atoms with Crippen LogP contribution < -0.4 is 4.72 Å². The molecule has 5 nitrogen and oxygen atoms in total. The average Bonchev–Trinajstić information content (AvgIpc) is 2.98. The summed E-state index contributed by atoms with van der Waals surface area (Å²) in [6.07, 6.45) is 7.44. The van der Waals surface area contributed by atoms with E-state index in [2.05, 4.69) is 16.5 Å². The quantitative estimate of drug-likeness (QED) is 0.846. The number of rotatable bonds is 6. The summed E-state index contributed by atoms with van der Waals surface area (Å²) in [7, 11) is -3.15. The van der Waals surface area contributed by atoms with Gasteiger partial charge >= 0.3 is 0 Å². The van der Waals surface area contributed by atoms with Gasteiger partial charge in [0, 0.05) is 25.7 Å². The largest absolute Gasteiger partial charge is 0.465 e. The normalized spacial score (nSPS) is 26.3. The van der Waals surface area contributed by atoms with Crippen LogP contribution in [0.3, 0.4) is 0 Å². The Morgan fingerprint density at radius 2 is 2.17 bits per heavy atom. The van der Waals surface area contributed by atoms with Crippen molar-refractivity contribution in [3.05, 3.63) is 29.7 Å². The Morgan fingerprint density at radius 3 is 2.74 bits per heavy atom. The molecule has 2 atom stereocenters. The fraction of sp³-hybridized carbons (Fsp3) is 0.625. The summed E-state index contributed by atoms with van der Waals surface area (Å²) in [6.45, 7) is 4.70. The van der Waals surface area contributed by atoms with Gasteiger partial charge in [-0.05, 0) is 49.8 Å². The van der Waals surface area contributed by atoms with Crippen LogP contribution in [0, 0.1) is 11.8 Å². The van der Waals surface area contributed by atoms with E-state index in [0.717, 1.165) is 25.4 Å². The Bertz CT molecular complexity index is 638. The number of nitrogens with zero attached hydrogens (tertiary/aromatic N) is 1. The lowest BCUT2D eigenvalue weighted by Crippen LogP contribution is -2.40. The molecule has 1 saturated heterocycles. The van der Waals surface area contributed by atoms with Gasteiger partial charge in [0.05, 0.1) is 12.5 Å². The van der Waals surface area contributed by atoms with E-state index in [0.29, 0.717) is 11.8 Å². The lowest BCUT2D eigenvalue weighted by atomic mass is 9.99. The minimum absolute atomic E-state index is 0. The van der Waals surface area contributed by atoms with E-state index in [1.165, 1.54) is 24.7 Å². The number of sulfonamides is 1. The zero-order chi connectivity index (χ0) is 15.7. The van der Waals surface area contributed by atoms with Gasteiger partial charge in [0.15, 0.2) is 0 Å². The summed E-state index contributed by atoms with van der Waals surface area (Å²) in [4.78, 5) is 2.35. The van der Waals surface area contributed by atoms with E-state index >= 15 is 0 Å². The summed E-state index contributed by atoms with van der Waals surface area (Å²) in [5, 5.41) is 0. The van der Waals surface area contributed by atoms with Crippen LogP contribution in [0.4, 0.5) is 0 Å². The predicted octanol–water partition coefficient (Wildman–Crippen LogP) is 2.36. The molecule has 0 unspecified atom stereocenters. The molecule has 0 spiro atoms. The highest BCUT2D eigenvalue weighted by atomic mass is 35.5. The van der Waals surface area contributed by atoms with Crippen LogP contribution in [0.25, 0.3) is 6.08 Å². The number of hydrogen-bond donors (Lipinski definition) is 1. The molecule has 0 aromatic carbocycles. The first-order valence-electron chi connectivity index (χ1n) is 7.81. The van der Waals surface area contributed by atoms with Crippen molar-refractivity contribution in [2.24, 2.45) is 11.8 Å². The molecule has 1 saturated carbocycles. The SMILES string of the molecule is C/C(=C\c1ccco1)CN1C[C@H](NS(C)(=O)=O)[C@@H](C2CC2)C1.Cl. The smallest absolute Gasteiger partial charge is 0.209 e. The van der Waals surface area contributed by atoms with Gasteiger partial charge in [0.1, 0.15) is 5.76 Å². The second-order valence-corrected chi connectivity index (χ2v) is 8.48. The van der Waals surface area contributed by atoms with Crippen molar-refractivity contribution in [1.82, 2.24) is 9.62 Å². The summed E-state index contributed by atoms with van der Waals surface area (Å²) < 4.78 is 31.3. The van der Waals surface area contributed by atoms with Crippen molar-refractivity contribution < 1.29 is 12.8 Å². The van der Waals surface area contributed by atoms with Crippen molar-refractivity contribution in [3.8, 4) is 0 Å². The molecule has 2 fully saturated rings. The third kappa shape index (κ3) is 5.35. The number of nitrogens with one attached hydrogen (secondary N) is 1. The summed E-state index contributed by atoms with van der Waals surface area (Å²) >= 11 is 0. The van der Waals surface area contributed by atoms with E-state index in [9.17, 15) is 8.42 Å². The fourth-order valence-corrected chi connectivity index (χ4v) is 4.26. The molecule has 1 aromatic heterocycles. The molecule has 130 valence electrons. The van der Waals surface area contributed by atoms with Gasteiger partial charge in [-0.3, -0.25) is 4.90 Å². The Hall–Kier alpha value is -0.820.